The lowest BCUT2D eigenvalue weighted by molar-refractivity contribution is -0.577. The van der Waals surface area contributed by atoms with Crippen molar-refractivity contribution in [3.8, 4) is 22.8 Å². The molecule has 4 heterocycles. The van der Waals surface area contributed by atoms with Gasteiger partial charge in [0.25, 0.3) is 0 Å². The molecule has 3 aromatic heterocycles. The number of aromatic nitrogens is 2. The van der Waals surface area contributed by atoms with Gasteiger partial charge in [0.1, 0.15) is 17.2 Å². The van der Waals surface area contributed by atoms with E-state index >= 15 is 0 Å². The van der Waals surface area contributed by atoms with Crippen molar-refractivity contribution in [3.63, 3.8) is 0 Å². The normalized spacial score (nSPS) is 12.9. The summed E-state index contributed by atoms with van der Waals surface area (Å²) in [7, 11) is 3.36. The maximum atomic E-state index is 8.89. The van der Waals surface area contributed by atoms with Gasteiger partial charge in [-0.1, -0.05) is 6.07 Å². The smallest absolute Gasteiger partial charge is 0.237 e. The van der Waals surface area contributed by atoms with E-state index in [-0.39, 0.29) is 0 Å². The van der Waals surface area contributed by atoms with Gasteiger partial charge in [0, 0.05) is 35.9 Å². The second kappa shape index (κ2) is 11.1. The molecule has 1 aliphatic rings. The number of aliphatic imine (C=N–C) groups is 1. The number of carbonyl (C=O) groups excluding carboxylic acids is 1. The minimum Gasteiger partial charge on any atom is -0.550 e. The number of ether oxygens (including phenoxy) is 2. The maximum absolute atomic E-state index is 8.89. The molecule has 6 rings (SSSR count). The van der Waals surface area contributed by atoms with E-state index in [4.69, 9.17) is 24.4 Å². The van der Waals surface area contributed by atoms with Crippen LogP contribution in [0.4, 0.5) is 5.69 Å². The van der Waals surface area contributed by atoms with Crippen LogP contribution in [0.1, 0.15) is 18.2 Å². The van der Waals surface area contributed by atoms with E-state index in [2.05, 4.69) is 69.9 Å². The summed E-state index contributed by atoms with van der Waals surface area (Å²) >= 11 is 0. The van der Waals surface area contributed by atoms with Gasteiger partial charge in [-0.05, 0) is 85.3 Å². The van der Waals surface area contributed by atoms with Crippen molar-refractivity contribution < 1.29 is 23.9 Å². The van der Waals surface area contributed by atoms with Crippen LogP contribution in [0.5, 0.6) is 11.5 Å². The molecule has 0 N–H and O–H groups in total. The summed E-state index contributed by atoms with van der Waals surface area (Å²) in [5.74, 6) is 0.594. The fraction of sp³-hybridized carbons (Fsp3) is 0.0938. The zero-order valence-corrected chi connectivity index (χ0v) is 21.9. The quantitative estimate of drug-likeness (QED) is 0.317. The largest absolute Gasteiger partial charge is 0.550 e. The molecule has 5 aromatic rings. The van der Waals surface area contributed by atoms with Crippen LogP contribution in [0.3, 0.4) is 0 Å². The summed E-state index contributed by atoms with van der Waals surface area (Å²) in [5.41, 5.74) is 8.34. The Morgan fingerprint density at radius 1 is 0.846 bits per heavy atom. The molecule has 0 atom stereocenters. The molecule has 0 saturated heterocycles. The van der Waals surface area contributed by atoms with Crippen LogP contribution in [-0.4, -0.2) is 30.3 Å². The number of allylic oxidation sites excluding steroid dienone is 1. The molecule has 0 fully saturated rings. The first-order valence-electron chi connectivity index (χ1n) is 12.4. The van der Waals surface area contributed by atoms with E-state index in [0.717, 1.165) is 63.6 Å². The molecular formula is C32H27N3O4. The summed E-state index contributed by atoms with van der Waals surface area (Å²) in [6.45, 7) is 0.972. The van der Waals surface area contributed by atoms with E-state index in [0.29, 0.717) is 0 Å². The first-order chi connectivity index (χ1) is 19.0. The molecule has 1 aliphatic heterocycles. The number of carbonyl (C=O) groups is 1. The Kier molecular flexibility index (Phi) is 7.23. The minimum absolute atomic E-state index is 0.839. The average molecular weight is 518 g/mol. The number of carboxylic acid groups (broad SMARTS) is 1. The predicted octanol–water partition coefficient (Wildman–Crippen LogP) is 4.69. The van der Waals surface area contributed by atoms with E-state index in [1.807, 2.05) is 48.5 Å². The number of methoxy groups -OCH3 is 2. The van der Waals surface area contributed by atoms with Gasteiger partial charge in [0.05, 0.1) is 31.1 Å². The zero-order chi connectivity index (χ0) is 27.4. The number of nitrogens with zero attached hydrogens (tertiary/aromatic N) is 3. The van der Waals surface area contributed by atoms with Crippen molar-refractivity contribution in [1.29, 1.82) is 0 Å². The molecule has 194 valence electrons. The van der Waals surface area contributed by atoms with Crippen molar-refractivity contribution in [2.24, 2.45) is 4.99 Å². The Morgan fingerprint density at radius 3 is 2.10 bits per heavy atom. The van der Waals surface area contributed by atoms with Crippen molar-refractivity contribution in [3.05, 3.63) is 121 Å². The second-order valence-electron chi connectivity index (χ2n) is 8.80. The Morgan fingerprint density at radius 2 is 1.46 bits per heavy atom. The molecule has 7 nitrogen and oxygen atoms in total. The van der Waals surface area contributed by atoms with Gasteiger partial charge in [-0.2, -0.15) is 4.57 Å². The number of fused-ring (bicyclic) bond motifs is 2. The summed E-state index contributed by atoms with van der Waals surface area (Å²) in [6.07, 6.45) is 6.31. The van der Waals surface area contributed by atoms with Crippen molar-refractivity contribution >= 4 is 28.6 Å². The highest BCUT2D eigenvalue weighted by molar-refractivity contribution is 6.13. The number of benzene rings is 2. The Balaban J connectivity index is 0.000000723. The van der Waals surface area contributed by atoms with Crippen LogP contribution in [0, 0.1) is 0 Å². The van der Waals surface area contributed by atoms with E-state index in [1.165, 1.54) is 0 Å². The molecule has 0 saturated carbocycles. The van der Waals surface area contributed by atoms with Crippen molar-refractivity contribution in [2.75, 3.05) is 14.2 Å². The minimum atomic E-state index is -1.08. The molecule has 0 aliphatic carbocycles. The molecule has 0 unspecified atom stereocenters. The Labute approximate surface area is 226 Å². The summed E-state index contributed by atoms with van der Waals surface area (Å²) in [5, 5.41) is 8.89. The molecule has 0 amide bonds. The molecule has 0 spiro atoms. The highest BCUT2D eigenvalue weighted by Gasteiger charge is 2.29. The van der Waals surface area contributed by atoms with Crippen LogP contribution in [-0.2, 0) is 4.79 Å². The lowest BCUT2D eigenvalue weighted by Gasteiger charge is -2.04. The standard InChI is InChI=1S/C30H24N3O2.C2H4O2/c1-34-23-13-9-21(10-14-23)29-19-25(27-7-3-5-17-32(27)29)31-26-20-30(33-18-6-4-8-28(26)33)22-11-15-24(35-2)16-12-22;1-2(3)4/h3-20H,1-2H3;1H3,(H,3,4)/q+1;/p-1. The number of aliphatic carboxylic acids is 1. The van der Waals surface area contributed by atoms with Crippen molar-refractivity contribution in [2.45, 2.75) is 6.92 Å². The number of carboxylic acids is 1. The average Bonchev–Trinajstić information content (AvgIpc) is 3.52. The fourth-order valence-corrected chi connectivity index (χ4v) is 4.55. The van der Waals surface area contributed by atoms with Gasteiger partial charge in [-0.15, -0.1) is 0 Å². The van der Waals surface area contributed by atoms with Gasteiger partial charge in [0.2, 0.25) is 11.4 Å². The fourth-order valence-electron chi connectivity index (χ4n) is 4.55. The molecule has 2 aromatic carbocycles. The third kappa shape index (κ3) is 5.29. The Bertz CT molecular complexity index is 1690. The molecule has 39 heavy (non-hydrogen) atoms. The third-order valence-corrected chi connectivity index (χ3v) is 6.32. The van der Waals surface area contributed by atoms with Crippen LogP contribution < -0.4 is 19.1 Å². The van der Waals surface area contributed by atoms with Gasteiger partial charge in [0.15, 0.2) is 6.20 Å². The van der Waals surface area contributed by atoms with Gasteiger partial charge in [-0.25, -0.2) is 4.99 Å². The SMILES string of the molecule is CC(=O)[O-].COc1ccc(C2=CC(=Nc3cc(-c4ccc(OC)cc4)n4ccccc34)c3cccc[n+]32)cc1. The van der Waals surface area contributed by atoms with E-state index in [9.17, 15) is 0 Å². The maximum Gasteiger partial charge on any atom is 0.237 e. The topological polar surface area (TPSA) is 79.2 Å². The highest BCUT2D eigenvalue weighted by atomic mass is 16.5. The first-order valence-corrected chi connectivity index (χ1v) is 12.4. The molecule has 7 heteroatoms. The van der Waals surface area contributed by atoms with Crippen LogP contribution >= 0.6 is 0 Å². The monoisotopic (exact) mass is 517 g/mol. The van der Waals surface area contributed by atoms with Gasteiger partial charge in [-0.3, -0.25) is 0 Å². The van der Waals surface area contributed by atoms with Crippen LogP contribution in [0.2, 0.25) is 0 Å². The Hall–Kier alpha value is -5.17. The van der Waals surface area contributed by atoms with Crippen molar-refractivity contribution in [1.82, 2.24) is 4.40 Å². The number of pyridine rings is 2. The molecular weight excluding hydrogens is 490 g/mol. The predicted molar refractivity (Wildman–Crippen MR) is 149 cm³/mol. The summed E-state index contributed by atoms with van der Waals surface area (Å²) in [6, 6.07) is 30.8. The summed E-state index contributed by atoms with van der Waals surface area (Å²) < 4.78 is 15.0. The second-order valence-corrected chi connectivity index (χ2v) is 8.80. The summed E-state index contributed by atoms with van der Waals surface area (Å²) in [4.78, 5) is 14.1. The van der Waals surface area contributed by atoms with E-state index < -0.39 is 5.97 Å². The number of hydrogen-bond donors (Lipinski definition) is 0. The number of hydrogen-bond acceptors (Lipinski definition) is 5. The van der Waals surface area contributed by atoms with Crippen LogP contribution in [0.15, 0.2) is 114 Å². The van der Waals surface area contributed by atoms with E-state index in [1.54, 1.807) is 14.2 Å². The highest BCUT2D eigenvalue weighted by Crippen LogP contribution is 2.33. The molecule has 0 bridgehead atoms. The lowest BCUT2D eigenvalue weighted by atomic mass is 10.1. The van der Waals surface area contributed by atoms with Gasteiger partial charge >= 0.3 is 0 Å². The number of rotatable bonds is 5. The first kappa shape index (κ1) is 25.5. The van der Waals surface area contributed by atoms with Crippen LogP contribution in [0.25, 0.3) is 22.5 Å². The zero-order valence-electron chi connectivity index (χ0n) is 21.9. The van der Waals surface area contributed by atoms with Gasteiger partial charge < -0.3 is 23.8 Å². The lowest BCUT2D eigenvalue weighted by Crippen LogP contribution is -2.34. The molecule has 0 radical (unpaired) electrons. The third-order valence-electron chi connectivity index (χ3n) is 6.32.